The first-order valence-electron chi connectivity index (χ1n) is 27.2. The summed E-state index contributed by atoms with van der Waals surface area (Å²) in [4.78, 5) is 105. The van der Waals surface area contributed by atoms with E-state index in [9.17, 15) is 60.3 Å². The highest BCUT2D eigenvalue weighted by molar-refractivity contribution is 6.32. The van der Waals surface area contributed by atoms with Crippen LogP contribution in [0.3, 0.4) is 0 Å². The van der Waals surface area contributed by atoms with Crippen LogP contribution in [0.5, 0.6) is 69.0 Å². The second-order valence-electron chi connectivity index (χ2n) is 21.0. The number of aliphatic hydroxyl groups excluding tert-OH is 1. The van der Waals surface area contributed by atoms with Crippen LogP contribution in [0.1, 0.15) is 75.3 Å². The van der Waals surface area contributed by atoms with E-state index in [1.54, 1.807) is 6.07 Å². The Morgan fingerprint density at radius 2 is 1.14 bits per heavy atom. The normalized spacial score (nSPS) is 21.1. The first kappa shape index (κ1) is 61.2. The van der Waals surface area contributed by atoms with E-state index in [0.29, 0.717) is 5.56 Å². The minimum atomic E-state index is -2.22. The molecule has 0 aliphatic carbocycles. The van der Waals surface area contributed by atoms with Gasteiger partial charge in [0, 0.05) is 35.2 Å². The maximum absolute atomic E-state index is 15.9. The Morgan fingerprint density at radius 3 is 1.82 bits per heavy atom. The van der Waals surface area contributed by atoms with Crippen molar-refractivity contribution < 1.29 is 87.9 Å². The van der Waals surface area contributed by atoms with Gasteiger partial charge in [-0.1, -0.05) is 47.5 Å². The molecule has 0 radical (unpaired) electrons. The summed E-state index contributed by atoms with van der Waals surface area (Å²) in [5, 5.41) is 103. The zero-order valence-electron chi connectivity index (χ0n) is 46.5. The van der Waals surface area contributed by atoms with Crippen LogP contribution in [-0.2, 0) is 44.7 Å². The summed E-state index contributed by atoms with van der Waals surface area (Å²) in [7, 11) is 0. The number of nitriles is 2. The van der Waals surface area contributed by atoms with Crippen LogP contribution in [0.2, 0.25) is 10.0 Å². The average molecular weight is 1280 g/mol. The first-order valence-corrected chi connectivity index (χ1v) is 28.0. The molecule has 0 fully saturated rings. The van der Waals surface area contributed by atoms with Crippen molar-refractivity contribution in [3.63, 3.8) is 0 Å². The van der Waals surface area contributed by atoms with Crippen molar-refractivity contribution in [2.75, 3.05) is 13.2 Å². The molecule has 6 aliphatic rings. The van der Waals surface area contributed by atoms with Crippen molar-refractivity contribution in [1.29, 1.82) is 10.5 Å². The lowest BCUT2D eigenvalue weighted by Crippen LogP contribution is -2.55. The van der Waals surface area contributed by atoms with E-state index < -0.39 is 154 Å². The lowest BCUT2D eigenvalue weighted by molar-refractivity contribution is -0.147. The number of phenols is 5. The summed E-state index contributed by atoms with van der Waals surface area (Å²) in [5.74, 6) is -13.9. The molecule has 0 unspecified atom stereocenters. The number of benzene rings is 7. The van der Waals surface area contributed by atoms with Crippen LogP contribution in [-0.4, -0.2) is 97.3 Å². The summed E-state index contributed by atoms with van der Waals surface area (Å²) in [6, 6.07) is 11.9. The quantitative estimate of drug-likeness (QED) is 0.101. The molecule has 7 aromatic rings. The number of hydrogen-bond donors (Lipinski definition) is 13. The Labute approximate surface area is 523 Å². The standard InChI is InChI=1S/C62H47Cl2N9O18/c63-36-13-25-1-7-42(36)90-45-20-30-21-46(55(45)87-11-9-65)91-43-8-4-28(18-37(43)64)54(79)53-61(85)72-52(62(86)88-12-10-66)35-23-32(75)24-41(78)47(35)34-17-27(3-5-39(34)76)49(58(82)73-53)70-60(84)51(30)71-59(83)50-29-15-31(74)22-33(16-29)89-44-19-26(2-6-40(44)77)48(67)57(81)68-38(14-25)56(80)69-50/h1-8,13,15-24,38,48-54,74-79H,11-12,14,67H2,(H,68,81)(H,69,80)(H,70,84)(H,71,83)(H,72,85)(H,73,82)/t38-,48+,49-,50+,51-,52-,53+,54-/m1/s1. The van der Waals surface area contributed by atoms with Gasteiger partial charge in [0.25, 0.3) is 0 Å². The molecule has 0 saturated carbocycles. The number of hydrogen-bond acceptors (Lipinski definition) is 21. The summed E-state index contributed by atoms with van der Waals surface area (Å²) in [6.45, 7) is -1.57. The van der Waals surface area contributed by atoms with E-state index >= 15 is 14.4 Å². The van der Waals surface area contributed by atoms with Crippen LogP contribution in [0.15, 0.2) is 115 Å². The minimum absolute atomic E-state index is 0.112. The predicted molar refractivity (Wildman–Crippen MR) is 313 cm³/mol. The van der Waals surface area contributed by atoms with Crippen LogP contribution in [0.25, 0.3) is 11.1 Å². The van der Waals surface area contributed by atoms with Crippen molar-refractivity contribution >= 4 is 64.6 Å². The van der Waals surface area contributed by atoms with Gasteiger partial charge < -0.3 is 92.0 Å². The van der Waals surface area contributed by atoms with Crippen molar-refractivity contribution in [1.82, 2.24) is 31.9 Å². The highest BCUT2D eigenvalue weighted by atomic mass is 35.5. The number of nitrogens with one attached hydrogen (secondary N) is 6. The molecule has 14 N–H and O–H groups in total. The molecule has 0 aromatic heterocycles. The third-order valence-electron chi connectivity index (χ3n) is 15.0. The van der Waals surface area contributed by atoms with Gasteiger partial charge in [0.2, 0.25) is 41.2 Å². The molecule has 13 rings (SSSR count). The molecule has 7 aromatic carbocycles. The predicted octanol–water partition coefficient (Wildman–Crippen LogP) is 5.16. The number of esters is 1. The van der Waals surface area contributed by atoms with Crippen molar-refractivity contribution in [2.24, 2.45) is 5.73 Å². The molecular formula is C62H47Cl2N9O18. The minimum Gasteiger partial charge on any atom is -0.508 e. The third-order valence-corrected chi connectivity index (χ3v) is 15.6. The average Bonchev–Trinajstić information content (AvgIpc) is 0.818. The van der Waals surface area contributed by atoms with Gasteiger partial charge in [-0.05, 0) is 112 Å². The van der Waals surface area contributed by atoms with Gasteiger partial charge in [0.05, 0.1) is 10.0 Å². The summed E-state index contributed by atoms with van der Waals surface area (Å²) < 4.78 is 30.0. The smallest absolute Gasteiger partial charge is 0.334 e. The van der Waals surface area contributed by atoms with Crippen molar-refractivity contribution in [3.8, 4) is 92.3 Å². The summed E-state index contributed by atoms with van der Waals surface area (Å²) in [6.07, 6.45) is -2.51. The molecule has 91 heavy (non-hydrogen) atoms. The lowest BCUT2D eigenvalue weighted by Gasteiger charge is -2.31. The number of halogens is 2. The maximum atomic E-state index is 15.9. The van der Waals surface area contributed by atoms with Crippen LogP contribution in [0.4, 0.5) is 0 Å². The zero-order valence-corrected chi connectivity index (χ0v) is 48.0. The number of rotatable bonds is 4. The molecule has 462 valence electrons. The number of carbonyl (C=O) groups is 7. The molecule has 0 saturated heterocycles. The summed E-state index contributed by atoms with van der Waals surface area (Å²) >= 11 is 13.9. The SMILES string of the molecule is N#CCOC(=O)[C@@H]1NC(=O)[C@H]2NC(=O)[C@H](NC(=O)[C@@H]3NC(=O)[C@H]4NC(=O)[C@@H](Cc5ccc(c(Cl)c5)Oc5cc3cc(c5OCC#N)Oc3ccc(cc3Cl)[C@H]2O)NC(=O)[C@@H](N)c2ccc(O)c(c2)Oc2cc(O)cc4c2)c2ccc(O)c(c2)-c2c(O)cc(O)cc21. The number of phenolic OH excluding ortho intramolecular Hbond substituents is 5. The van der Waals surface area contributed by atoms with E-state index in [4.69, 9.17) is 52.6 Å². The van der Waals surface area contributed by atoms with Crippen LogP contribution in [0, 0.1) is 22.7 Å². The van der Waals surface area contributed by atoms with Crippen molar-refractivity contribution in [3.05, 3.63) is 164 Å². The number of nitrogens with two attached hydrogens (primary N) is 1. The third kappa shape index (κ3) is 12.4. The number of carbonyl (C=O) groups excluding carboxylic acids is 7. The van der Waals surface area contributed by atoms with Crippen LogP contribution < -0.4 is 56.6 Å². The van der Waals surface area contributed by atoms with Gasteiger partial charge in [0.15, 0.2) is 42.3 Å². The highest BCUT2D eigenvalue weighted by Gasteiger charge is 2.42. The van der Waals surface area contributed by atoms with Crippen LogP contribution >= 0.6 is 23.2 Å². The Kier molecular flexibility index (Phi) is 16.8. The highest BCUT2D eigenvalue weighted by Crippen LogP contribution is 2.49. The molecular weight excluding hydrogens is 1230 g/mol. The fourth-order valence-corrected chi connectivity index (χ4v) is 11.1. The fourth-order valence-electron chi connectivity index (χ4n) is 10.6. The topological polar surface area (TPSA) is 433 Å². The van der Waals surface area contributed by atoms with Gasteiger partial charge in [-0.2, -0.15) is 10.5 Å². The molecule has 29 heteroatoms. The Balaban J connectivity index is 1.16. The molecule has 27 nitrogen and oxygen atoms in total. The number of ether oxygens (including phenoxy) is 5. The monoisotopic (exact) mass is 1280 g/mol. The fraction of sp³-hybridized carbons (Fsp3) is 0.177. The van der Waals surface area contributed by atoms with Crippen molar-refractivity contribution in [2.45, 2.75) is 54.8 Å². The molecule has 6 heterocycles. The molecule has 0 spiro atoms. The molecule has 6 aliphatic heterocycles. The maximum Gasteiger partial charge on any atom is 0.334 e. The second kappa shape index (κ2) is 24.9. The second-order valence-corrected chi connectivity index (χ2v) is 21.8. The number of amides is 6. The van der Waals surface area contributed by atoms with Gasteiger partial charge in [-0.15, -0.1) is 0 Å². The Hall–Kier alpha value is -11.5. The van der Waals surface area contributed by atoms with Gasteiger partial charge >= 0.3 is 5.97 Å². The van der Waals surface area contributed by atoms with E-state index in [1.807, 2.05) is 6.07 Å². The van der Waals surface area contributed by atoms with E-state index in [2.05, 4.69) is 31.9 Å². The largest absolute Gasteiger partial charge is 0.508 e. The molecule has 17 bridgehead atoms. The van der Waals surface area contributed by atoms with Gasteiger partial charge in [-0.3, -0.25) is 28.8 Å². The lowest BCUT2D eigenvalue weighted by atomic mass is 9.89. The summed E-state index contributed by atoms with van der Waals surface area (Å²) in [5.41, 5.74) is 4.48. The number of aliphatic hydroxyl groups is 1. The van der Waals surface area contributed by atoms with E-state index in [-0.39, 0.29) is 78.8 Å². The van der Waals surface area contributed by atoms with Gasteiger partial charge in [0.1, 0.15) is 94.7 Å². The first-order chi connectivity index (χ1) is 43.5. The zero-order chi connectivity index (χ0) is 64.7. The van der Waals surface area contributed by atoms with E-state index in [0.717, 1.165) is 54.6 Å². The Bertz CT molecular complexity index is 4330. The Morgan fingerprint density at radius 1 is 0.549 bits per heavy atom. The molecule has 8 atom stereocenters. The number of nitrogens with zero attached hydrogens (tertiary/aromatic N) is 2. The number of fused-ring (bicyclic) bond motifs is 14. The van der Waals surface area contributed by atoms with Gasteiger partial charge in [-0.25, -0.2) is 4.79 Å². The number of aromatic hydroxyl groups is 5. The van der Waals surface area contributed by atoms with E-state index in [1.165, 1.54) is 60.7 Å². The molecule has 6 amide bonds.